The molecule has 38 heavy (non-hydrogen) atoms. The number of hydrogen-bond acceptors (Lipinski definition) is 6. The summed E-state index contributed by atoms with van der Waals surface area (Å²) in [5.74, 6) is -0.899. The van der Waals surface area contributed by atoms with Gasteiger partial charge in [0.2, 0.25) is 5.91 Å². The van der Waals surface area contributed by atoms with Crippen molar-refractivity contribution < 1.29 is 19.0 Å². The van der Waals surface area contributed by atoms with Gasteiger partial charge < -0.3 is 20.5 Å². The molecule has 3 N–H and O–H groups in total. The van der Waals surface area contributed by atoms with Gasteiger partial charge in [-0.15, -0.1) is 0 Å². The number of benzene rings is 2. The van der Waals surface area contributed by atoms with Crippen LogP contribution in [0.25, 0.3) is 10.9 Å². The molecule has 196 valence electrons. The second-order valence-corrected chi connectivity index (χ2v) is 9.56. The first-order chi connectivity index (χ1) is 18.6. The fraction of sp³-hybridized carbons (Fsp3) is 0.300. The van der Waals surface area contributed by atoms with Crippen molar-refractivity contribution in [3.05, 3.63) is 102 Å². The van der Waals surface area contributed by atoms with E-state index >= 15 is 0 Å². The SMILES string of the molecule is O=C(C[C@@H](c1ccccc1)c1ccnc2ccccc12)Nc1cncc(F)c1CC[C@@H]1CN[C@H](CO)CO1. The zero-order valence-corrected chi connectivity index (χ0v) is 21.0. The Hall–Kier alpha value is -3.72. The predicted octanol–water partition coefficient (Wildman–Crippen LogP) is 4.21. The molecule has 1 amide bonds. The van der Waals surface area contributed by atoms with E-state index in [2.05, 4.69) is 20.6 Å². The summed E-state index contributed by atoms with van der Waals surface area (Å²) in [6.45, 7) is 1.01. The number of anilines is 1. The Morgan fingerprint density at radius 3 is 2.74 bits per heavy atom. The molecule has 0 bridgehead atoms. The Kier molecular flexibility index (Phi) is 8.33. The van der Waals surface area contributed by atoms with Crippen LogP contribution in [0.5, 0.6) is 0 Å². The van der Waals surface area contributed by atoms with E-state index in [0.29, 0.717) is 37.2 Å². The van der Waals surface area contributed by atoms with Crippen LogP contribution in [0.2, 0.25) is 0 Å². The highest BCUT2D eigenvalue weighted by Gasteiger charge is 2.24. The molecule has 8 heteroatoms. The zero-order valence-electron chi connectivity index (χ0n) is 21.0. The Bertz CT molecular complexity index is 1370. The monoisotopic (exact) mass is 514 g/mol. The number of aliphatic hydroxyl groups is 1. The van der Waals surface area contributed by atoms with Crippen LogP contribution >= 0.6 is 0 Å². The second kappa shape index (κ2) is 12.2. The quantitative estimate of drug-likeness (QED) is 0.310. The summed E-state index contributed by atoms with van der Waals surface area (Å²) in [7, 11) is 0. The Morgan fingerprint density at radius 2 is 1.95 bits per heavy atom. The molecular formula is C30H31FN4O3. The van der Waals surface area contributed by atoms with Crippen LogP contribution in [0.15, 0.2) is 79.3 Å². The van der Waals surface area contributed by atoms with E-state index in [-0.39, 0.29) is 37.0 Å². The van der Waals surface area contributed by atoms with E-state index in [1.165, 1.54) is 12.4 Å². The number of hydrogen-bond donors (Lipinski definition) is 3. The van der Waals surface area contributed by atoms with Crippen molar-refractivity contribution in [2.24, 2.45) is 0 Å². The van der Waals surface area contributed by atoms with Crippen molar-refractivity contribution in [2.45, 2.75) is 37.3 Å². The van der Waals surface area contributed by atoms with Gasteiger partial charge in [0.25, 0.3) is 0 Å². The minimum absolute atomic E-state index is 0.0150. The number of carbonyl (C=O) groups is 1. The van der Waals surface area contributed by atoms with Gasteiger partial charge in [-0.1, -0.05) is 48.5 Å². The molecule has 4 aromatic rings. The molecule has 2 aromatic heterocycles. The first-order valence-corrected chi connectivity index (χ1v) is 12.9. The average molecular weight is 515 g/mol. The van der Waals surface area contributed by atoms with Crippen LogP contribution < -0.4 is 10.6 Å². The predicted molar refractivity (Wildman–Crippen MR) is 144 cm³/mol. The highest BCUT2D eigenvalue weighted by Crippen LogP contribution is 2.33. The normalized spacial score (nSPS) is 18.3. The maximum absolute atomic E-state index is 14.8. The number of ether oxygens (including phenoxy) is 1. The van der Waals surface area contributed by atoms with E-state index < -0.39 is 5.82 Å². The van der Waals surface area contributed by atoms with Crippen LogP contribution in [-0.2, 0) is 16.0 Å². The van der Waals surface area contributed by atoms with Crippen LogP contribution in [0, 0.1) is 5.82 Å². The number of aromatic nitrogens is 2. The molecular weight excluding hydrogens is 483 g/mol. The van der Waals surface area contributed by atoms with Crippen LogP contribution in [0.4, 0.5) is 10.1 Å². The van der Waals surface area contributed by atoms with E-state index in [9.17, 15) is 14.3 Å². The Balaban J connectivity index is 1.34. The van der Waals surface area contributed by atoms with Gasteiger partial charge >= 0.3 is 0 Å². The first-order valence-electron chi connectivity index (χ1n) is 12.9. The molecule has 7 nitrogen and oxygen atoms in total. The number of carbonyl (C=O) groups excluding carboxylic acids is 1. The van der Waals surface area contributed by atoms with Gasteiger partial charge in [0.05, 0.1) is 49.0 Å². The third-order valence-electron chi connectivity index (χ3n) is 7.03. The Labute approximate surface area is 221 Å². The fourth-order valence-electron chi connectivity index (χ4n) is 5.00. The standard InChI is InChI=1S/C30H31FN4O3/c31-27-16-32-17-29(25(27)11-10-22-15-34-21(18-36)19-38-22)35-30(37)14-26(20-6-2-1-3-7-20)23-12-13-33-28-9-5-4-8-24(23)28/h1-9,12-13,16-17,21-22,26,34,36H,10-11,14-15,18-19H2,(H,35,37)/t21-,22-,26+/m1/s1. The lowest BCUT2D eigenvalue weighted by molar-refractivity contribution is -0.116. The molecule has 2 aromatic carbocycles. The highest BCUT2D eigenvalue weighted by atomic mass is 19.1. The number of para-hydroxylation sites is 1. The average Bonchev–Trinajstić information content (AvgIpc) is 2.96. The number of pyridine rings is 2. The second-order valence-electron chi connectivity index (χ2n) is 9.56. The van der Waals surface area contributed by atoms with Crippen molar-refractivity contribution in [1.29, 1.82) is 0 Å². The van der Waals surface area contributed by atoms with Gasteiger partial charge in [0.1, 0.15) is 5.82 Å². The maximum atomic E-state index is 14.8. The summed E-state index contributed by atoms with van der Waals surface area (Å²) in [5, 5.41) is 16.4. The number of amides is 1. The van der Waals surface area contributed by atoms with E-state index in [1.54, 1.807) is 6.20 Å². The lowest BCUT2D eigenvalue weighted by Gasteiger charge is -2.29. The summed E-state index contributed by atoms with van der Waals surface area (Å²) in [6, 6.07) is 19.7. The third kappa shape index (κ3) is 6.05. The van der Waals surface area contributed by atoms with Crippen LogP contribution in [-0.4, -0.2) is 52.9 Å². The molecule has 1 aliphatic heterocycles. The smallest absolute Gasteiger partial charge is 0.225 e. The lowest BCUT2D eigenvalue weighted by Crippen LogP contribution is -2.48. The molecule has 5 rings (SSSR count). The van der Waals surface area contributed by atoms with Crippen molar-refractivity contribution >= 4 is 22.5 Å². The third-order valence-corrected chi connectivity index (χ3v) is 7.03. The van der Waals surface area contributed by atoms with Crippen molar-refractivity contribution in [3.8, 4) is 0 Å². The van der Waals surface area contributed by atoms with E-state index in [1.807, 2.05) is 60.7 Å². The molecule has 0 spiro atoms. The molecule has 0 unspecified atom stereocenters. The van der Waals surface area contributed by atoms with Crippen LogP contribution in [0.1, 0.15) is 35.4 Å². The summed E-state index contributed by atoms with van der Waals surface area (Å²) in [6.07, 6.45) is 5.47. The summed E-state index contributed by atoms with van der Waals surface area (Å²) >= 11 is 0. The van der Waals surface area contributed by atoms with Gasteiger partial charge in [0.15, 0.2) is 0 Å². The molecule has 1 fully saturated rings. The summed E-state index contributed by atoms with van der Waals surface area (Å²) in [4.78, 5) is 21.9. The van der Waals surface area contributed by atoms with Gasteiger partial charge in [-0.3, -0.25) is 14.8 Å². The number of nitrogens with zero attached hydrogens (tertiary/aromatic N) is 2. The maximum Gasteiger partial charge on any atom is 0.225 e. The number of fused-ring (bicyclic) bond motifs is 1. The molecule has 1 saturated heterocycles. The summed E-state index contributed by atoms with van der Waals surface area (Å²) < 4.78 is 20.6. The zero-order chi connectivity index (χ0) is 26.3. The number of nitrogens with one attached hydrogen (secondary N) is 2. The molecule has 0 saturated carbocycles. The van der Waals surface area contributed by atoms with Gasteiger partial charge in [-0.05, 0) is 36.1 Å². The van der Waals surface area contributed by atoms with Crippen LogP contribution in [0.3, 0.4) is 0 Å². The van der Waals surface area contributed by atoms with Crippen molar-refractivity contribution in [2.75, 3.05) is 25.1 Å². The molecule has 0 aliphatic carbocycles. The highest BCUT2D eigenvalue weighted by molar-refractivity contribution is 5.93. The minimum atomic E-state index is -0.459. The first kappa shape index (κ1) is 25.9. The number of halogens is 1. The van der Waals surface area contributed by atoms with Gasteiger partial charge in [0, 0.05) is 36.0 Å². The molecule has 3 atom stereocenters. The largest absolute Gasteiger partial charge is 0.395 e. The number of rotatable bonds is 9. The molecule has 3 heterocycles. The lowest BCUT2D eigenvalue weighted by atomic mass is 9.86. The van der Waals surface area contributed by atoms with Gasteiger partial charge in [-0.2, -0.15) is 0 Å². The number of morpholine rings is 1. The fourth-order valence-corrected chi connectivity index (χ4v) is 5.00. The number of aliphatic hydroxyl groups excluding tert-OH is 1. The topological polar surface area (TPSA) is 96.4 Å². The Morgan fingerprint density at radius 1 is 1.13 bits per heavy atom. The van der Waals surface area contributed by atoms with E-state index in [4.69, 9.17) is 4.74 Å². The van der Waals surface area contributed by atoms with Crippen molar-refractivity contribution in [3.63, 3.8) is 0 Å². The minimum Gasteiger partial charge on any atom is -0.395 e. The summed E-state index contributed by atoms with van der Waals surface area (Å²) in [5.41, 5.74) is 3.68. The molecule has 1 aliphatic rings. The van der Waals surface area contributed by atoms with Crippen molar-refractivity contribution in [1.82, 2.24) is 15.3 Å². The van der Waals surface area contributed by atoms with Gasteiger partial charge in [-0.25, -0.2) is 4.39 Å². The van der Waals surface area contributed by atoms with E-state index in [0.717, 1.165) is 22.0 Å². The molecule has 0 radical (unpaired) electrons.